The molecule has 0 rings (SSSR count). The van der Waals surface area contributed by atoms with E-state index in [4.69, 9.17) is 0 Å². The Morgan fingerprint density at radius 3 is 2.18 bits per heavy atom. The van der Waals surface area contributed by atoms with Crippen molar-refractivity contribution in [3.63, 3.8) is 0 Å². The van der Waals surface area contributed by atoms with Crippen molar-refractivity contribution < 1.29 is 5.11 Å². The maximum atomic E-state index is 9.35. The van der Waals surface area contributed by atoms with Crippen LogP contribution in [0, 0.1) is 0 Å². The molecule has 0 saturated heterocycles. The summed E-state index contributed by atoms with van der Waals surface area (Å²) in [7, 11) is 0. The van der Waals surface area contributed by atoms with Crippen LogP contribution in [0.4, 0.5) is 0 Å². The van der Waals surface area contributed by atoms with E-state index in [1.54, 1.807) is 0 Å². The van der Waals surface area contributed by atoms with Crippen molar-refractivity contribution in [3.05, 3.63) is 11.1 Å². The molecule has 0 aliphatic heterocycles. The van der Waals surface area contributed by atoms with Crippen LogP contribution >= 0.6 is 0 Å². The summed E-state index contributed by atoms with van der Waals surface area (Å²) in [6.45, 7) is 8.15. The Labute approximate surface area is 70.1 Å². The van der Waals surface area contributed by atoms with Crippen molar-refractivity contribution in [3.8, 4) is 0 Å². The zero-order valence-electron chi connectivity index (χ0n) is 8.15. The first-order chi connectivity index (χ1) is 5.09. The summed E-state index contributed by atoms with van der Waals surface area (Å²) in [6.07, 6.45) is 3.18. The molecule has 1 unspecified atom stereocenters. The first-order valence-corrected chi connectivity index (χ1v) is 4.43. The van der Waals surface area contributed by atoms with Gasteiger partial charge < -0.3 is 5.11 Å². The molecule has 0 radical (unpaired) electrons. The van der Waals surface area contributed by atoms with Gasteiger partial charge in [-0.15, -0.1) is 0 Å². The molecule has 0 aromatic heterocycles. The lowest BCUT2D eigenvalue weighted by atomic mass is 10.00. The maximum absolute atomic E-state index is 9.35. The minimum absolute atomic E-state index is 0.258. The molecule has 0 aliphatic rings. The topological polar surface area (TPSA) is 20.2 Å². The monoisotopic (exact) mass is 156 g/mol. The first kappa shape index (κ1) is 10.7. The van der Waals surface area contributed by atoms with Crippen molar-refractivity contribution >= 4 is 0 Å². The minimum atomic E-state index is -0.258. The van der Waals surface area contributed by atoms with Gasteiger partial charge in [-0.1, -0.05) is 18.9 Å². The second-order valence-electron chi connectivity index (χ2n) is 3.30. The number of rotatable bonds is 4. The third-order valence-electron chi connectivity index (χ3n) is 1.95. The van der Waals surface area contributed by atoms with E-state index in [9.17, 15) is 5.11 Å². The number of aliphatic hydroxyl groups excluding tert-OH is 1. The third kappa shape index (κ3) is 4.20. The summed E-state index contributed by atoms with van der Waals surface area (Å²) < 4.78 is 0. The highest BCUT2D eigenvalue weighted by Crippen LogP contribution is 2.15. The number of allylic oxidation sites excluding steroid dienone is 1. The van der Waals surface area contributed by atoms with E-state index in [2.05, 4.69) is 20.8 Å². The van der Waals surface area contributed by atoms with Crippen LogP contribution < -0.4 is 0 Å². The SMILES string of the molecule is CCCCC(=C(C)C)C(C)O. The second kappa shape index (κ2) is 5.36. The van der Waals surface area contributed by atoms with Crippen LogP contribution in [0.15, 0.2) is 11.1 Å². The first-order valence-electron chi connectivity index (χ1n) is 4.43. The van der Waals surface area contributed by atoms with Crippen LogP contribution in [0.3, 0.4) is 0 Å². The normalized spacial score (nSPS) is 12.8. The van der Waals surface area contributed by atoms with Crippen molar-refractivity contribution in [2.45, 2.75) is 53.1 Å². The smallest absolute Gasteiger partial charge is 0.0724 e. The van der Waals surface area contributed by atoms with Gasteiger partial charge in [0, 0.05) is 0 Å². The van der Waals surface area contributed by atoms with Gasteiger partial charge in [0.2, 0.25) is 0 Å². The molecule has 0 fully saturated rings. The molecule has 0 heterocycles. The van der Waals surface area contributed by atoms with E-state index >= 15 is 0 Å². The Balaban J connectivity index is 4.03. The van der Waals surface area contributed by atoms with E-state index in [-0.39, 0.29) is 6.10 Å². The molecule has 1 heteroatoms. The summed E-state index contributed by atoms with van der Waals surface area (Å²) in [5.74, 6) is 0. The second-order valence-corrected chi connectivity index (χ2v) is 3.30. The molecular formula is C10H20O. The third-order valence-corrected chi connectivity index (χ3v) is 1.95. The van der Waals surface area contributed by atoms with E-state index in [0.717, 1.165) is 6.42 Å². The molecular weight excluding hydrogens is 136 g/mol. The highest BCUT2D eigenvalue weighted by molar-refractivity contribution is 5.13. The van der Waals surface area contributed by atoms with Gasteiger partial charge in [0.15, 0.2) is 0 Å². The molecule has 0 saturated carbocycles. The molecule has 0 bridgehead atoms. The van der Waals surface area contributed by atoms with Gasteiger partial charge >= 0.3 is 0 Å². The maximum Gasteiger partial charge on any atom is 0.0724 e. The predicted molar refractivity (Wildman–Crippen MR) is 49.6 cm³/mol. The highest BCUT2D eigenvalue weighted by Gasteiger charge is 2.05. The predicted octanol–water partition coefficient (Wildman–Crippen LogP) is 2.89. The number of aliphatic hydroxyl groups is 1. The van der Waals surface area contributed by atoms with E-state index in [1.165, 1.54) is 24.0 Å². The molecule has 11 heavy (non-hydrogen) atoms. The molecule has 0 aliphatic carbocycles. The Morgan fingerprint density at radius 2 is 1.91 bits per heavy atom. The molecule has 0 spiro atoms. The molecule has 0 aromatic carbocycles. The quantitative estimate of drug-likeness (QED) is 0.620. The van der Waals surface area contributed by atoms with Crippen LogP contribution in [0.25, 0.3) is 0 Å². The molecule has 1 atom stereocenters. The molecule has 0 aromatic rings. The lowest BCUT2D eigenvalue weighted by Gasteiger charge is -2.11. The molecule has 66 valence electrons. The van der Waals surface area contributed by atoms with Gasteiger partial charge in [0.1, 0.15) is 0 Å². The van der Waals surface area contributed by atoms with Gasteiger partial charge in [-0.25, -0.2) is 0 Å². The number of unbranched alkanes of at least 4 members (excludes halogenated alkanes) is 1. The molecule has 1 N–H and O–H groups in total. The van der Waals surface area contributed by atoms with Crippen LogP contribution in [0.1, 0.15) is 47.0 Å². The summed E-state index contributed by atoms with van der Waals surface area (Å²) >= 11 is 0. The zero-order chi connectivity index (χ0) is 8.85. The van der Waals surface area contributed by atoms with Crippen LogP contribution in [-0.4, -0.2) is 11.2 Å². The lowest BCUT2D eigenvalue weighted by molar-refractivity contribution is 0.225. The van der Waals surface area contributed by atoms with Gasteiger partial charge in [0.05, 0.1) is 6.10 Å². The highest BCUT2D eigenvalue weighted by atomic mass is 16.3. The van der Waals surface area contributed by atoms with Crippen LogP contribution in [0.2, 0.25) is 0 Å². The number of hydrogen-bond acceptors (Lipinski definition) is 1. The van der Waals surface area contributed by atoms with Crippen molar-refractivity contribution in [1.82, 2.24) is 0 Å². The standard InChI is InChI=1S/C10H20O/c1-5-6-7-10(8(2)3)9(4)11/h9,11H,5-7H2,1-4H3. The van der Waals surface area contributed by atoms with Crippen molar-refractivity contribution in [2.24, 2.45) is 0 Å². The fourth-order valence-corrected chi connectivity index (χ4v) is 1.24. The van der Waals surface area contributed by atoms with Gasteiger partial charge in [0.25, 0.3) is 0 Å². The van der Waals surface area contributed by atoms with Crippen molar-refractivity contribution in [1.29, 1.82) is 0 Å². The lowest BCUT2D eigenvalue weighted by Crippen LogP contribution is -2.06. The molecule has 0 amide bonds. The van der Waals surface area contributed by atoms with Gasteiger partial charge in [-0.3, -0.25) is 0 Å². The van der Waals surface area contributed by atoms with E-state index in [1.807, 2.05) is 6.92 Å². The summed E-state index contributed by atoms with van der Waals surface area (Å²) in [6, 6.07) is 0. The summed E-state index contributed by atoms with van der Waals surface area (Å²) in [4.78, 5) is 0. The fraction of sp³-hybridized carbons (Fsp3) is 0.800. The Kier molecular flexibility index (Phi) is 5.22. The minimum Gasteiger partial charge on any atom is -0.389 e. The van der Waals surface area contributed by atoms with Crippen LogP contribution in [0.5, 0.6) is 0 Å². The Morgan fingerprint density at radius 1 is 1.36 bits per heavy atom. The summed E-state index contributed by atoms with van der Waals surface area (Å²) in [5, 5.41) is 9.35. The average molecular weight is 156 g/mol. The Bertz CT molecular complexity index is 130. The average Bonchev–Trinajstić information content (AvgIpc) is 1.87. The number of hydrogen-bond donors (Lipinski definition) is 1. The fourth-order valence-electron chi connectivity index (χ4n) is 1.24. The van der Waals surface area contributed by atoms with E-state index in [0.29, 0.717) is 0 Å². The van der Waals surface area contributed by atoms with Crippen molar-refractivity contribution in [2.75, 3.05) is 0 Å². The zero-order valence-corrected chi connectivity index (χ0v) is 8.15. The molecule has 1 nitrogen and oxygen atoms in total. The van der Waals surface area contributed by atoms with Gasteiger partial charge in [-0.2, -0.15) is 0 Å². The van der Waals surface area contributed by atoms with E-state index < -0.39 is 0 Å². The van der Waals surface area contributed by atoms with Gasteiger partial charge in [-0.05, 0) is 39.2 Å². The summed E-state index contributed by atoms with van der Waals surface area (Å²) in [5.41, 5.74) is 2.49. The largest absolute Gasteiger partial charge is 0.389 e. The van der Waals surface area contributed by atoms with Crippen LogP contribution in [-0.2, 0) is 0 Å². The Hall–Kier alpha value is -0.300.